The smallest absolute Gasteiger partial charge is 0.162 e. The van der Waals surface area contributed by atoms with Crippen LogP contribution in [0.4, 0.5) is 17.2 Å². The lowest BCUT2D eigenvalue weighted by atomic mass is 10.1. The molecule has 33 heavy (non-hydrogen) atoms. The van der Waals surface area contributed by atoms with Gasteiger partial charge in [0.2, 0.25) is 0 Å². The second kappa shape index (κ2) is 9.77. The van der Waals surface area contributed by atoms with Crippen LogP contribution in [0.2, 0.25) is 0 Å². The molecule has 3 heterocycles. The molecule has 0 fully saturated rings. The lowest BCUT2D eigenvalue weighted by molar-refractivity contribution is 0.698. The first-order valence-electron chi connectivity index (χ1n) is 10.8. The van der Waals surface area contributed by atoms with E-state index in [-0.39, 0.29) is 6.04 Å². The lowest BCUT2D eigenvalue weighted by Crippen LogP contribution is -2.31. The molecule has 0 bridgehead atoms. The van der Waals surface area contributed by atoms with E-state index in [1.165, 1.54) is 5.56 Å². The summed E-state index contributed by atoms with van der Waals surface area (Å²) >= 11 is 1.62. The molecule has 7 heteroatoms. The predicted octanol–water partition coefficient (Wildman–Crippen LogP) is 5.48. The first kappa shape index (κ1) is 21.1. The third-order valence-corrected chi connectivity index (χ3v) is 6.25. The van der Waals surface area contributed by atoms with Crippen LogP contribution in [0.25, 0.3) is 21.6 Å². The van der Waals surface area contributed by atoms with Crippen LogP contribution >= 0.6 is 11.3 Å². The summed E-state index contributed by atoms with van der Waals surface area (Å²) in [4.78, 5) is 13.9. The molecule has 0 saturated carbocycles. The van der Waals surface area contributed by atoms with Crippen LogP contribution < -0.4 is 16.4 Å². The zero-order valence-electron chi connectivity index (χ0n) is 18.0. The molecule has 0 spiro atoms. The quantitative estimate of drug-likeness (QED) is 0.289. The van der Waals surface area contributed by atoms with E-state index >= 15 is 0 Å². The third kappa shape index (κ3) is 5.00. The molecule has 0 unspecified atom stereocenters. The number of nitrogens with two attached hydrogens (primary N) is 1. The summed E-state index contributed by atoms with van der Waals surface area (Å²) in [5, 5.41) is 9.05. The number of hydrogen-bond acceptors (Lipinski definition) is 7. The SMILES string of the molecule is N[C@H](CNc1nc(-c2ccncc2)nc2c(Nc3ccccc3)csc12)Cc1ccccc1. The molecule has 164 valence electrons. The van der Waals surface area contributed by atoms with E-state index in [1.807, 2.05) is 60.7 Å². The van der Waals surface area contributed by atoms with Gasteiger partial charge in [0, 0.05) is 41.6 Å². The summed E-state index contributed by atoms with van der Waals surface area (Å²) < 4.78 is 0.998. The maximum absolute atomic E-state index is 6.43. The van der Waals surface area contributed by atoms with Gasteiger partial charge in [-0.15, -0.1) is 11.3 Å². The van der Waals surface area contributed by atoms with Crippen LogP contribution in [0.3, 0.4) is 0 Å². The van der Waals surface area contributed by atoms with Crippen LogP contribution in [-0.4, -0.2) is 27.5 Å². The van der Waals surface area contributed by atoms with Gasteiger partial charge in [0.15, 0.2) is 5.82 Å². The van der Waals surface area contributed by atoms with E-state index < -0.39 is 0 Å². The van der Waals surface area contributed by atoms with Crippen molar-refractivity contribution < 1.29 is 0 Å². The fraction of sp³-hybridized carbons (Fsp3) is 0.115. The molecule has 5 aromatic rings. The summed E-state index contributed by atoms with van der Waals surface area (Å²) in [6.45, 7) is 0.607. The average Bonchev–Trinajstić information content (AvgIpc) is 3.27. The Morgan fingerprint density at radius 3 is 2.36 bits per heavy atom. The van der Waals surface area contributed by atoms with Crippen molar-refractivity contribution >= 4 is 38.7 Å². The highest BCUT2D eigenvalue weighted by atomic mass is 32.1. The summed E-state index contributed by atoms with van der Waals surface area (Å²) in [5.74, 6) is 1.44. The number of fused-ring (bicyclic) bond motifs is 1. The molecule has 2 aromatic carbocycles. The number of rotatable bonds is 8. The van der Waals surface area contributed by atoms with Gasteiger partial charge < -0.3 is 16.4 Å². The number of pyridine rings is 1. The Kier molecular flexibility index (Phi) is 6.23. The van der Waals surface area contributed by atoms with Gasteiger partial charge in [-0.05, 0) is 36.2 Å². The molecule has 0 aliphatic heterocycles. The number of nitrogens with one attached hydrogen (secondary N) is 2. The molecule has 4 N–H and O–H groups in total. The molecule has 0 aliphatic rings. The Balaban J connectivity index is 1.46. The topological polar surface area (TPSA) is 88.8 Å². The van der Waals surface area contributed by atoms with Gasteiger partial charge >= 0.3 is 0 Å². The summed E-state index contributed by atoms with van der Waals surface area (Å²) in [6.07, 6.45) is 4.30. The second-order valence-corrected chi connectivity index (χ2v) is 8.66. The number of thiophene rings is 1. The molecule has 0 saturated heterocycles. The average molecular weight is 453 g/mol. The van der Waals surface area contributed by atoms with Crippen molar-refractivity contribution in [1.29, 1.82) is 0 Å². The van der Waals surface area contributed by atoms with Crippen LogP contribution in [0.1, 0.15) is 5.56 Å². The van der Waals surface area contributed by atoms with Crippen molar-refractivity contribution in [3.05, 3.63) is 96.1 Å². The Morgan fingerprint density at radius 2 is 1.61 bits per heavy atom. The van der Waals surface area contributed by atoms with Gasteiger partial charge in [0.05, 0.1) is 10.4 Å². The van der Waals surface area contributed by atoms with E-state index in [0.717, 1.165) is 39.4 Å². The maximum Gasteiger partial charge on any atom is 0.162 e. The van der Waals surface area contributed by atoms with Crippen molar-refractivity contribution in [1.82, 2.24) is 15.0 Å². The Bertz CT molecular complexity index is 1320. The van der Waals surface area contributed by atoms with Crippen molar-refractivity contribution in [2.75, 3.05) is 17.2 Å². The number of nitrogens with zero attached hydrogens (tertiary/aromatic N) is 3. The van der Waals surface area contributed by atoms with Crippen LogP contribution in [-0.2, 0) is 6.42 Å². The molecule has 0 aliphatic carbocycles. The van der Waals surface area contributed by atoms with Crippen molar-refractivity contribution in [3.8, 4) is 11.4 Å². The maximum atomic E-state index is 6.43. The second-order valence-electron chi connectivity index (χ2n) is 7.78. The van der Waals surface area contributed by atoms with Gasteiger partial charge in [-0.3, -0.25) is 4.98 Å². The fourth-order valence-corrected chi connectivity index (χ4v) is 4.55. The van der Waals surface area contributed by atoms with E-state index in [2.05, 4.69) is 33.1 Å². The summed E-state index contributed by atoms with van der Waals surface area (Å²) in [6, 6.07) is 24.2. The van der Waals surface area contributed by atoms with Gasteiger partial charge in [0.25, 0.3) is 0 Å². The fourth-order valence-electron chi connectivity index (χ4n) is 3.65. The number of aromatic nitrogens is 3. The van der Waals surface area contributed by atoms with Crippen LogP contribution in [0, 0.1) is 0 Å². The van der Waals surface area contributed by atoms with E-state index in [1.54, 1.807) is 23.7 Å². The lowest BCUT2D eigenvalue weighted by Gasteiger charge is -2.15. The third-order valence-electron chi connectivity index (χ3n) is 5.28. The Hall–Kier alpha value is -3.81. The zero-order valence-corrected chi connectivity index (χ0v) is 18.8. The number of para-hydroxylation sites is 1. The number of benzene rings is 2. The summed E-state index contributed by atoms with van der Waals surface area (Å²) in [5.41, 5.74) is 11.4. The summed E-state index contributed by atoms with van der Waals surface area (Å²) in [7, 11) is 0. The van der Waals surface area contributed by atoms with Gasteiger partial charge in [0.1, 0.15) is 11.3 Å². The van der Waals surface area contributed by atoms with Gasteiger partial charge in [-0.25, -0.2) is 9.97 Å². The monoisotopic (exact) mass is 452 g/mol. The minimum absolute atomic E-state index is 0.0383. The minimum atomic E-state index is -0.0383. The van der Waals surface area contributed by atoms with Crippen molar-refractivity contribution in [2.24, 2.45) is 5.73 Å². The first-order valence-corrected chi connectivity index (χ1v) is 11.7. The molecular weight excluding hydrogens is 428 g/mol. The van der Waals surface area contributed by atoms with Crippen LogP contribution in [0.15, 0.2) is 90.6 Å². The Labute approximate surface area is 196 Å². The number of hydrogen-bond donors (Lipinski definition) is 3. The predicted molar refractivity (Wildman–Crippen MR) is 137 cm³/mol. The molecule has 0 radical (unpaired) electrons. The molecule has 5 rings (SSSR count). The zero-order chi connectivity index (χ0) is 22.5. The first-order chi connectivity index (χ1) is 16.3. The standard InChI is InChI=1S/C26H24N6S/c27-20(15-18-7-3-1-4-8-18)16-29-26-24-23(31-25(32-26)19-11-13-28-14-12-19)22(17-33-24)30-21-9-5-2-6-10-21/h1-14,17,20,30H,15-16,27H2,(H,29,31,32)/t20-/m0/s1. The van der Waals surface area contributed by atoms with E-state index in [0.29, 0.717) is 12.4 Å². The minimum Gasteiger partial charge on any atom is -0.367 e. The van der Waals surface area contributed by atoms with Crippen molar-refractivity contribution in [2.45, 2.75) is 12.5 Å². The largest absolute Gasteiger partial charge is 0.367 e. The molecule has 1 atom stereocenters. The van der Waals surface area contributed by atoms with Crippen LogP contribution in [0.5, 0.6) is 0 Å². The van der Waals surface area contributed by atoms with Gasteiger partial charge in [-0.2, -0.15) is 0 Å². The highest BCUT2D eigenvalue weighted by molar-refractivity contribution is 7.18. The molecule has 3 aromatic heterocycles. The Morgan fingerprint density at radius 1 is 0.879 bits per heavy atom. The van der Waals surface area contributed by atoms with Gasteiger partial charge in [-0.1, -0.05) is 48.5 Å². The highest BCUT2D eigenvalue weighted by Crippen LogP contribution is 2.36. The molecular formula is C26H24N6S. The molecule has 0 amide bonds. The van der Waals surface area contributed by atoms with Crippen molar-refractivity contribution in [3.63, 3.8) is 0 Å². The highest BCUT2D eigenvalue weighted by Gasteiger charge is 2.16. The molecule has 6 nitrogen and oxygen atoms in total. The number of anilines is 3. The normalized spacial score (nSPS) is 11.9. The van der Waals surface area contributed by atoms with E-state index in [9.17, 15) is 0 Å². The van der Waals surface area contributed by atoms with E-state index in [4.69, 9.17) is 15.7 Å².